The Morgan fingerprint density at radius 1 is 1.02 bits per heavy atom. The van der Waals surface area contributed by atoms with E-state index in [0.717, 1.165) is 11.1 Å². The van der Waals surface area contributed by atoms with Crippen LogP contribution in [0.5, 0.6) is 0 Å². The second-order valence-electron chi connectivity index (χ2n) is 10.3. The number of nitrogens with one attached hydrogen (secondary N) is 3. The number of nitrogens with zero attached hydrogens (tertiary/aromatic N) is 3. The summed E-state index contributed by atoms with van der Waals surface area (Å²) in [5, 5.41) is 8.03. The summed E-state index contributed by atoms with van der Waals surface area (Å²) in [6.45, 7) is 2.01. The molecule has 2 saturated heterocycles. The Kier molecular flexibility index (Phi) is 6.51. The normalized spacial score (nSPS) is 23.5. The molecule has 2 unspecified atom stereocenters. The first kappa shape index (κ1) is 26.0. The number of urea groups is 1. The molecule has 1 spiro atoms. The zero-order valence-corrected chi connectivity index (χ0v) is 22.4. The van der Waals surface area contributed by atoms with Crippen molar-refractivity contribution in [2.45, 2.75) is 29.6 Å². The van der Waals surface area contributed by atoms with E-state index in [1.54, 1.807) is 42.7 Å². The van der Waals surface area contributed by atoms with Crippen LogP contribution in [0.25, 0.3) is 0 Å². The summed E-state index contributed by atoms with van der Waals surface area (Å²) in [5.41, 5.74) is 1.70. The van der Waals surface area contributed by atoms with Crippen LogP contribution in [0, 0.1) is 0 Å². The Bertz CT molecular complexity index is 1580. The molecule has 0 bridgehead atoms. The third kappa shape index (κ3) is 4.80. The number of rotatable bonds is 6. The summed E-state index contributed by atoms with van der Waals surface area (Å²) in [6.07, 6.45) is 3.43. The number of aromatic nitrogens is 1. The number of fused-ring (bicyclic) bond motifs is 1. The van der Waals surface area contributed by atoms with E-state index in [2.05, 4.69) is 20.9 Å². The number of benzene rings is 2. The van der Waals surface area contributed by atoms with E-state index in [4.69, 9.17) is 0 Å². The minimum Gasteiger partial charge on any atom is -0.365 e. The van der Waals surface area contributed by atoms with E-state index in [9.17, 15) is 22.8 Å². The van der Waals surface area contributed by atoms with Crippen LogP contribution in [0.2, 0.25) is 0 Å². The predicted octanol–water partition coefficient (Wildman–Crippen LogP) is 1.07. The molecule has 2 atom stereocenters. The van der Waals surface area contributed by atoms with Gasteiger partial charge in [0.1, 0.15) is 0 Å². The van der Waals surface area contributed by atoms with Crippen molar-refractivity contribution in [3.63, 3.8) is 0 Å². The molecule has 4 amide bonds. The van der Waals surface area contributed by atoms with Gasteiger partial charge in [-0.15, -0.1) is 0 Å². The lowest BCUT2D eigenvalue weighted by Gasteiger charge is -2.31. The lowest BCUT2D eigenvalue weighted by Crippen LogP contribution is -2.62. The number of likely N-dealkylation sites (tertiary alicyclic amines) is 1. The highest BCUT2D eigenvalue weighted by Gasteiger charge is 2.57. The van der Waals surface area contributed by atoms with Gasteiger partial charge in [-0.25, -0.2) is 13.2 Å². The van der Waals surface area contributed by atoms with Gasteiger partial charge in [0.05, 0.1) is 22.4 Å². The van der Waals surface area contributed by atoms with Crippen LogP contribution in [-0.4, -0.2) is 73.1 Å². The molecule has 12 heteroatoms. The van der Waals surface area contributed by atoms with Crippen molar-refractivity contribution in [3.05, 3.63) is 89.7 Å². The SMILES string of the molecule is O=C1NC(=O)C2(CN(Cc3cccnc3)CC2NC(=O)c2ccc(CN3CCS(=O)(=O)c4ccccc43)cc2)N1. The molecule has 2 fully saturated rings. The summed E-state index contributed by atoms with van der Waals surface area (Å²) in [6, 6.07) is 16.6. The van der Waals surface area contributed by atoms with E-state index in [1.807, 2.05) is 40.1 Å². The number of imide groups is 1. The van der Waals surface area contributed by atoms with Crippen LogP contribution < -0.4 is 20.9 Å². The van der Waals surface area contributed by atoms with Gasteiger partial charge in [-0.1, -0.05) is 30.3 Å². The molecule has 2 aromatic carbocycles. The number of carbonyl (C=O) groups is 3. The molecule has 3 N–H and O–H groups in total. The van der Waals surface area contributed by atoms with Gasteiger partial charge in [-0.3, -0.25) is 24.8 Å². The van der Waals surface area contributed by atoms with E-state index in [1.165, 1.54) is 0 Å². The van der Waals surface area contributed by atoms with E-state index in [0.29, 0.717) is 42.3 Å². The minimum atomic E-state index is -3.29. The van der Waals surface area contributed by atoms with Crippen molar-refractivity contribution in [1.82, 2.24) is 25.8 Å². The van der Waals surface area contributed by atoms with Gasteiger partial charge in [0.25, 0.3) is 11.8 Å². The van der Waals surface area contributed by atoms with Crippen molar-refractivity contribution < 1.29 is 22.8 Å². The number of anilines is 1. The second-order valence-corrected chi connectivity index (χ2v) is 12.4. The Balaban J connectivity index is 1.16. The molecular weight excluding hydrogens is 532 g/mol. The summed E-state index contributed by atoms with van der Waals surface area (Å²) in [4.78, 5) is 46.7. The number of para-hydroxylation sites is 1. The van der Waals surface area contributed by atoms with Crippen molar-refractivity contribution in [2.75, 3.05) is 30.3 Å². The monoisotopic (exact) mass is 560 g/mol. The van der Waals surface area contributed by atoms with Gasteiger partial charge in [0, 0.05) is 50.7 Å². The van der Waals surface area contributed by atoms with Crippen LogP contribution in [0.15, 0.2) is 78.0 Å². The largest absolute Gasteiger partial charge is 0.365 e. The number of sulfone groups is 1. The van der Waals surface area contributed by atoms with Gasteiger partial charge < -0.3 is 15.5 Å². The molecule has 0 radical (unpaired) electrons. The maximum absolute atomic E-state index is 13.3. The zero-order chi connectivity index (χ0) is 27.9. The first-order valence-corrected chi connectivity index (χ1v) is 14.6. The molecule has 4 heterocycles. The first-order chi connectivity index (χ1) is 19.2. The topological polar surface area (TPSA) is 141 Å². The molecule has 1 aromatic heterocycles. The Hall–Kier alpha value is -4.29. The first-order valence-electron chi connectivity index (χ1n) is 12.9. The molecule has 0 saturated carbocycles. The van der Waals surface area contributed by atoms with E-state index < -0.39 is 33.4 Å². The molecule has 6 rings (SSSR count). The highest BCUT2D eigenvalue weighted by Crippen LogP contribution is 2.31. The molecule has 3 aromatic rings. The van der Waals surface area contributed by atoms with E-state index in [-0.39, 0.29) is 18.2 Å². The van der Waals surface area contributed by atoms with Gasteiger partial charge in [-0.2, -0.15) is 0 Å². The summed E-state index contributed by atoms with van der Waals surface area (Å²) >= 11 is 0. The predicted molar refractivity (Wildman–Crippen MR) is 146 cm³/mol. The summed E-state index contributed by atoms with van der Waals surface area (Å²) < 4.78 is 24.9. The van der Waals surface area contributed by atoms with Crippen LogP contribution in [-0.2, 0) is 27.7 Å². The Morgan fingerprint density at radius 3 is 2.55 bits per heavy atom. The summed E-state index contributed by atoms with van der Waals surface area (Å²) in [5.74, 6) is -0.770. The highest BCUT2D eigenvalue weighted by molar-refractivity contribution is 7.91. The number of hydrogen-bond acceptors (Lipinski definition) is 8. The van der Waals surface area contributed by atoms with Crippen molar-refractivity contribution in [3.8, 4) is 0 Å². The number of hydrogen-bond donors (Lipinski definition) is 3. The van der Waals surface area contributed by atoms with Crippen LogP contribution in [0.3, 0.4) is 0 Å². The second kappa shape index (κ2) is 10.0. The lowest BCUT2D eigenvalue weighted by atomic mass is 9.93. The standard InChI is InChI=1S/C28H28N6O5S/c35-25(21-9-7-19(8-10-21)16-34-12-13-40(38,39)23-6-2-1-5-22(23)34)30-24-17-33(15-20-4-3-11-29-14-20)18-28(24)26(36)31-27(37)32-28/h1-11,14,24H,12-13,15-18H2,(H,30,35)(H2,31,32,36,37). The molecule has 40 heavy (non-hydrogen) atoms. The average molecular weight is 561 g/mol. The van der Waals surface area contributed by atoms with Gasteiger partial charge in [0.2, 0.25) is 0 Å². The molecule has 3 aliphatic heterocycles. The van der Waals surface area contributed by atoms with Crippen molar-refractivity contribution in [1.29, 1.82) is 0 Å². The molecular formula is C28H28N6O5S. The molecule has 206 valence electrons. The third-order valence-electron chi connectivity index (χ3n) is 7.67. The van der Waals surface area contributed by atoms with E-state index >= 15 is 0 Å². The van der Waals surface area contributed by atoms with Crippen LogP contribution >= 0.6 is 0 Å². The highest BCUT2D eigenvalue weighted by atomic mass is 32.2. The van der Waals surface area contributed by atoms with Crippen LogP contribution in [0.1, 0.15) is 21.5 Å². The van der Waals surface area contributed by atoms with Gasteiger partial charge in [-0.05, 0) is 41.5 Å². The molecule has 0 aliphatic carbocycles. The Labute approximate surface area is 231 Å². The third-order valence-corrected chi connectivity index (χ3v) is 9.41. The van der Waals surface area contributed by atoms with Crippen LogP contribution in [0.4, 0.5) is 10.5 Å². The number of amides is 4. The molecule has 11 nitrogen and oxygen atoms in total. The fourth-order valence-corrected chi connectivity index (χ4v) is 7.15. The van der Waals surface area contributed by atoms with Gasteiger partial charge in [0.15, 0.2) is 15.4 Å². The number of carbonyl (C=O) groups excluding carboxylic acids is 3. The summed E-state index contributed by atoms with van der Waals surface area (Å²) in [7, 11) is -3.29. The van der Waals surface area contributed by atoms with Crippen molar-refractivity contribution in [2.24, 2.45) is 0 Å². The number of pyridine rings is 1. The average Bonchev–Trinajstić information content (AvgIpc) is 3.43. The lowest BCUT2D eigenvalue weighted by molar-refractivity contribution is -0.124. The smallest absolute Gasteiger partial charge is 0.322 e. The zero-order valence-electron chi connectivity index (χ0n) is 21.5. The quantitative estimate of drug-likeness (QED) is 0.381. The fourth-order valence-electron chi connectivity index (χ4n) is 5.67. The molecule has 3 aliphatic rings. The maximum Gasteiger partial charge on any atom is 0.322 e. The Morgan fingerprint density at radius 2 is 1.82 bits per heavy atom. The fraction of sp³-hybridized carbons (Fsp3) is 0.286. The van der Waals surface area contributed by atoms with Gasteiger partial charge >= 0.3 is 6.03 Å². The van der Waals surface area contributed by atoms with Crippen molar-refractivity contribution >= 4 is 33.4 Å². The minimum absolute atomic E-state index is 0.0512. The maximum atomic E-state index is 13.3.